The molecule has 2 heterocycles. The van der Waals surface area contributed by atoms with Gasteiger partial charge < -0.3 is 19.7 Å². The Kier molecular flexibility index (Phi) is 6.22. The van der Waals surface area contributed by atoms with E-state index in [4.69, 9.17) is 14.4 Å². The summed E-state index contributed by atoms with van der Waals surface area (Å²) in [7, 11) is 0. The number of aryl methyl sites for hydroxylation is 2. The average molecular weight is 399 g/mol. The normalized spacial score (nSPS) is 10.7. The first-order valence-corrected chi connectivity index (χ1v) is 8.91. The van der Waals surface area contributed by atoms with E-state index >= 15 is 0 Å². The van der Waals surface area contributed by atoms with Crippen molar-refractivity contribution in [2.75, 3.05) is 0 Å². The number of amides is 1. The van der Waals surface area contributed by atoms with E-state index in [1.165, 1.54) is 10.9 Å². The van der Waals surface area contributed by atoms with Gasteiger partial charge in [-0.15, -0.1) is 5.10 Å². The summed E-state index contributed by atoms with van der Waals surface area (Å²) in [5, 5.41) is 22.8. The molecule has 0 atom stereocenters. The molecule has 1 aromatic carbocycles. The van der Waals surface area contributed by atoms with Crippen LogP contribution < -0.4 is 10.1 Å². The van der Waals surface area contributed by atoms with E-state index in [1.54, 1.807) is 12.1 Å². The zero-order valence-electron chi connectivity index (χ0n) is 16.1. The Labute approximate surface area is 166 Å². The standard InChI is InChI=1S/C19H21N5O5/c1-12-17(13(2)29-22-12)11-28-16-5-3-14(4-6-16)7-18(25)20-8-15-9-24(23-21-15)10-19(26)27/h3-6,9H,7-8,10-11H2,1-2H3,(H,20,25)(H,26,27). The Morgan fingerprint density at radius 1 is 1.24 bits per heavy atom. The number of hydrogen-bond acceptors (Lipinski definition) is 7. The number of nitrogens with zero attached hydrogens (tertiary/aromatic N) is 4. The Balaban J connectivity index is 1.46. The molecule has 0 saturated heterocycles. The van der Waals surface area contributed by atoms with E-state index in [2.05, 4.69) is 20.8 Å². The minimum absolute atomic E-state index is 0.178. The molecule has 0 radical (unpaired) electrons. The second-order valence-corrected chi connectivity index (χ2v) is 6.49. The number of aromatic nitrogens is 4. The molecule has 0 aliphatic carbocycles. The highest BCUT2D eigenvalue weighted by molar-refractivity contribution is 5.78. The molecule has 0 aliphatic heterocycles. The van der Waals surface area contributed by atoms with Crippen molar-refractivity contribution in [1.82, 2.24) is 25.5 Å². The third-order valence-corrected chi connectivity index (χ3v) is 4.20. The van der Waals surface area contributed by atoms with Gasteiger partial charge in [-0.2, -0.15) is 0 Å². The van der Waals surface area contributed by atoms with Gasteiger partial charge >= 0.3 is 5.97 Å². The van der Waals surface area contributed by atoms with Crippen LogP contribution >= 0.6 is 0 Å². The van der Waals surface area contributed by atoms with Crippen LogP contribution in [0.1, 0.15) is 28.3 Å². The second kappa shape index (κ2) is 9.00. The highest BCUT2D eigenvalue weighted by Crippen LogP contribution is 2.18. The quantitative estimate of drug-likeness (QED) is 0.552. The summed E-state index contributed by atoms with van der Waals surface area (Å²) in [6, 6.07) is 7.26. The molecule has 1 amide bonds. The van der Waals surface area contributed by atoms with Crippen molar-refractivity contribution in [3.63, 3.8) is 0 Å². The van der Waals surface area contributed by atoms with Gasteiger partial charge in [0, 0.05) is 0 Å². The third-order valence-electron chi connectivity index (χ3n) is 4.20. The molecular weight excluding hydrogens is 378 g/mol. The molecule has 3 aromatic rings. The predicted molar refractivity (Wildman–Crippen MR) is 100.0 cm³/mol. The van der Waals surface area contributed by atoms with Gasteiger partial charge in [0.15, 0.2) is 0 Å². The summed E-state index contributed by atoms with van der Waals surface area (Å²) < 4.78 is 12.1. The molecule has 0 bridgehead atoms. The topological polar surface area (TPSA) is 132 Å². The molecule has 10 nitrogen and oxygen atoms in total. The molecule has 29 heavy (non-hydrogen) atoms. The van der Waals surface area contributed by atoms with Gasteiger partial charge in [0.25, 0.3) is 0 Å². The molecule has 2 aromatic heterocycles. The lowest BCUT2D eigenvalue weighted by Crippen LogP contribution is -2.24. The zero-order chi connectivity index (χ0) is 20.8. The Morgan fingerprint density at radius 3 is 2.66 bits per heavy atom. The number of nitrogens with one attached hydrogen (secondary N) is 1. The lowest BCUT2D eigenvalue weighted by atomic mass is 10.1. The molecule has 0 fully saturated rings. The summed E-state index contributed by atoms with van der Waals surface area (Å²) in [6.07, 6.45) is 1.69. The van der Waals surface area contributed by atoms with Gasteiger partial charge in [-0.05, 0) is 31.5 Å². The van der Waals surface area contributed by atoms with Crippen LogP contribution in [0.2, 0.25) is 0 Å². The van der Waals surface area contributed by atoms with Crippen molar-refractivity contribution in [3.8, 4) is 5.75 Å². The fourth-order valence-corrected chi connectivity index (χ4v) is 2.64. The van der Waals surface area contributed by atoms with Crippen LogP contribution in [0, 0.1) is 13.8 Å². The van der Waals surface area contributed by atoms with Gasteiger partial charge in [0.05, 0.1) is 30.4 Å². The number of aliphatic carboxylic acids is 1. The van der Waals surface area contributed by atoms with E-state index in [0.29, 0.717) is 18.1 Å². The first-order chi connectivity index (χ1) is 13.9. The molecule has 0 aliphatic rings. The molecule has 0 spiro atoms. The van der Waals surface area contributed by atoms with Gasteiger partial charge in [-0.1, -0.05) is 22.5 Å². The smallest absolute Gasteiger partial charge is 0.325 e. The van der Waals surface area contributed by atoms with E-state index in [9.17, 15) is 9.59 Å². The predicted octanol–water partition coefficient (Wildman–Crippen LogP) is 1.41. The van der Waals surface area contributed by atoms with Gasteiger partial charge in [0.2, 0.25) is 5.91 Å². The van der Waals surface area contributed by atoms with Crippen LogP contribution in [0.5, 0.6) is 5.75 Å². The van der Waals surface area contributed by atoms with Crippen LogP contribution in [0.25, 0.3) is 0 Å². The largest absolute Gasteiger partial charge is 0.489 e. The maximum Gasteiger partial charge on any atom is 0.325 e. The van der Waals surface area contributed by atoms with Crippen LogP contribution in [0.4, 0.5) is 0 Å². The Hall–Kier alpha value is -3.69. The first kappa shape index (κ1) is 20.1. The molecule has 0 saturated carbocycles. The zero-order valence-corrected chi connectivity index (χ0v) is 16.1. The van der Waals surface area contributed by atoms with Crippen molar-refractivity contribution >= 4 is 11.9 Å². The third kappa shape index (κ3) is 5.64. The maximum atomic E-state index is 12.1. The van der Waals surface area contributed by atoms with Crippen molar-refractivity contribution in [2.24, 2.45) is 0 Å². The number of ether oxygens (including phenoxy) is 1. The number of carbonyl (C=O) groups excluding carboxylic acids is 1. The number of hydrogen-bond donors (Lipinski definition) is 2. The molecule has 2 N–H and O–H groups in total. The second-order valence-electron chi connectivity index (χ2n) is 6.49. The van der Waals surface area contributed by atoms with E-state index in [1.807, 2.05) is 26.0 Å². The summed E-state index contributed by atoms with van der Waals surface area (Å²) in [4.78, 5) is 22.7. The van der Waals surface area contributed by atoms with E-state index < -0.39 is 5.97 Å². The van der Waals surface area contributed by atoms with Crippen LogP contribution in [0.15, 0.2) is 35.0 Å². The van der Waals surface area contributed by atoms with Gasteiger partial charge in [-0.3, -0.25) is 9.59 Å². The number of carbonyl (C=O) groups is 2. The number of benzene rings is 1. The molecule has 0 unspecified atom stereocenters. The fraction of sp³-hybridized carbons (Fsp3) is 0.316. The average Bonchev–Trinajstić information content (AvgIpc) is 3.25. The minimum Gasteiger partial charge on any atom is -0.489 e. The summed E-state index contributed by atoms with van der Waals surface area (Å²) in [6.45, 7) is 3.98. The number of carboxylic acids is 1. The lowest BCUT2D eigenvalue weighted by molar-refractivity contribution is -0.138. The van der Waals surface area contributed by atoms with Crippen molar-refractivity contribution in [3.05, 3.63) is 58.7 Å². The highest BCUT2D eigenvalue weighted by Gasteiger charge is 2.10. The highest BCUT2D eigenvalue weighted by atomic mass is 16.5. The minimum atomic E-state index is -1.01. The first-order valence-electron chi connectivity index (χ1n) is 8.91. The molecular formula is C19H21N5O5. The molecule has 3 rings (SSSR count). The van der Waals surface area contributed by atoms with Crippen molar-refractivity contribution in [1.29, 1.82) is 0 Å². The number of rotatable bonds is 9. The van der Waals surface area contributed by atoms with Gasteiger partial charge in [-0.25, -0.2) is 4.68 Å². The van der Waals surface area contributed by atoms with E-state index in [0.717, 1.165) is 22.6 Å². The number of carboxylic acid groups (broad SMARTS) is 1. The van der Waals surface area contributed by atoms with E-state index in [-0.39, 0.29) is 25.4 Å². The summed E-state index contributed by atoms with van der Waals surface area (Å²) >= 11 is 0. The van der Waals surface area contributed by atoms with Crippen LogP contribution in [0.3, 0.4) is 0 Å². The SMILES string of the molecule is Cc1noc(C)c1COc1ccc(CC(=O)NCc2cn(CC(=O)O)nn2)cc1. The molecule has 152 valence electrons. The van der Waals surface area contributed by atoms with Crippen LogP contribution in [-0.4, -0.2) is 37.1 Å². The van der Waals surface area contributed by atoms with Crippen molar-refractivity contribution in [2.45, 2.75) is 40.0 Å². The van der Waals surface area contributed by atoms with Gasteiger partial charge in [0.1, 0.15) is 30.4 Å². The monoisotopic (exact) mass is 399 g/mol. The Bertz CT molecular complexity index is 973. The molecule has 10 heteroatoms. The maximum absolute atomic E-state index is 12.1. The fourth-order valence-electron chi connectivity index (χ4n) is 2.64. The van der Waals surface area contributed by atoms with Crippen molar-refractivity contribution < 1.29 is 24.0 Å². The van der Waals surface area contributed by atoms with Crippen LogP contribution in [-0.2, 0) is 35.7 Å². The summed E-state index contributed by atoms with van der Waals surface area (Å²) in [5.41, 5.74) is 3.05. The lowest BCUT2D eigenvalue weighted by Gasteiger charge is -2.07. The summed E-state index contributed by atoms with van der Waals surface area (Å²) in [5.74, 6) is 0.231. The Morgan fingerprint density at radius 2 is 2.00 bits per heavy atom.